The quantitative estimate of drug-likeness (QED) is 0.505. The zero-order valence-electron chi connectivity index (χ0n) is 15.5. The van der Waals surface area contributed by atoms with E-state index in [4.69, 9.17) is 31.3 Å². The van der Waals surface area contributed by atoms with Crippen molar-refractivity contribution < 1.29 is 13.8 Å². The molecule has 0 aliphatic heterocycles. The number of nitrogen functional groups attached to an aromatic ring is 1. The van der Waals surface area contributed by atoms with Crippen LogP contribution in [0.5, 0.6) is 5.75 Å². The Labute approximate surface area is 167 Å². The molecule has 0 aliphatic rings. The molecule has 1 unspecified atom stereocenters. The predicted octanol–water partition coefficient (Wildman–Crippen LogP) is 2.62. The van der Waals surface area contributed by atoms with Crippen LogP contribution in [0, 0.1) is 0 Å². The van der Waals surface area contributed by atoms with E-state index >= 15 is 0 Å². The minimum absolute atomic E-state index is 0.0261. The van der Waals surface area contributed by atoms with Gasteiger partial charge in [-0.2, -0.15) is 4.98 Å². The maximum Gasteiger partial charge on any atom is 0.280 e. The molecule has 0 radical (unpaired) electrons. The lowest BCUT2D eigenvalue weighted by Gasteiger charge is -2.22. The van der Waals surface area contributed by atoms with Crippen molar-refractivity contribution in [3.8, 4) is 5.75 Å². The highest BCUT2D eigenvalue weighted by atomic mass is 32.4. The molecule has 0 spiro atoms. The van der Waals surface area contributed by atoms with Crippen LogP contribution in [0.2, 0.25) is 0 Å². The Balaban J connectivity index is 1.61. The Kier molecular flexibility index (Phi) is 6.79. The van der Waals surface area contributed by atoms with Gasteiger partial charge in [0.1, 0.15) is 12.0 Å². The maximum absolute atomic E-state index is 11.9. The van der Waals surface area contributed by atoms with E-state index in [9.17, 15) is 4.79 Å². The van der Waals surface area contributed by atoms with Crippen LogP contribution in [-0.2, 0) is 21.1 Å². The van der Waals surface area contributed by atoms with Gasteiger partial charge in [0.15, 0.2) is 11.2 Å². The molecule has 3 rings (SSSR count). The number of imidazole rings is 1. The number of aromatic amines is 1. The lowest BCUT2D eigenvalue weighted by Crippen LogP contribution is -2.23. The van der Waals surface area contributed by atoms with Crippen molar-refractivity contribution in [3.63, 3.8) is 0 Å². The number of nitrogens with two attached hydrogens (primary N) is 1. The van der Waals surface area contributed by atoms with Gasteiger partial charge in [-0.1, -0.05) is 25.1 Å². The minimum Gasteiger partial charge on any atom is -0.446 e. The normalized spacial score (nSPS) is 14.6. The molecule has 3 aromatic rings. The lowest BCUT2D eigenvalue weighted by atomic mass is 10.3. The van der Waals surface area contributed by atoms with Crippen molar-refractivity contribution in [3.05, 3.63) is 47.0 Å². The van der Waals surface area contributed by atoms with Gasteiger partial charge in [-0.3, -0.25) is 14.3 Å². The number of H-pyrrole nitrogens is 1. The van der Waals surface area contributed by atoms with Crippen LogP contribution in [0.25, 0.3) is 11.2 Å². The van der Waals surface area contributed by atoms with Gasteiger partial charge in [-0.05, 0) is 37.3 Å². The van der Waals surface area contributed by atoms with E-state index in [0.717, 1.165) is 0 Å². The average molecular weight is 423 g/mol. The van der Waals surface area contributed by atoms with E-state index < -0.39 is 13.4 Å². The molecule has 0 saturated carbocycles. The highest BCUT2D eigenvalue weighted by Crippen LogP contribution is 2.29. The fourth-order valence-electron chi connectivity index (χ4n) is 2.58. The van der Waals surface area contributed by atoms with Crippen molar-refractivity contribution in [1.29, 1.82) is 0 Å². The number of aromatic nitrogens is 4. The maximum atomic E-state index is 11.9. The van der Waals surface area contributed by atoms with Crippen molar-refractivity contribution >= 4 is 36.1 Å². The molecule has 3 atom stereocenters. The van der Waals surface area contributed by atoms with E-state index in [1.165, 1.54) is 6.33 Å². The molecule has 0 saturated heterocycles. The molecule has 0 fully saturated rings. The van der Waals surface area contributed by atoms with Crippen molar-refractivity contribution in [2.75, 3.05) is 12.3 Å². The molecule has 0 bridgehead atoms. The fraction of sp³-hybridized carbons (Fsp3) is 0.353. The fourth-order valence-corrected chi connectivity index (χ4v) is 3.78. The molecule has 1 aromatic carbocycles. The number of nitrogens with one attached hydrogen (secondary N) is 1. The van der Waals surface area contributed by atoms with Crippen LogP contribution in [0.4, 0.5) is 5.95 Å². The highest BCUT2D eigenvalue weighted by Gasteiger charge is 2.18. The SMILES string of the molecule is CC[C@@H](CO[PH](=S)Oc1ccccc1)O[C@H](C)n1cnc2c(=O)[nH]c(N)nc21. The third kappa shape index (κ3) is 4.96. The Morgan fingerprint density at radius 2 is 2.11 bits per heavy atom. The molecule has 2 heterocycles. The number of benzene rings is 1. The summed E-state index contributed by atoms with van der Waals surface area (Å²) in [5.41, 5.74) is 5.82. The van der Waals surface area contributed by atoms with Gasteiger partial charge < -0.3 is 19.5 Å². The summed E-state index contributed by atoms with van der Waals surface area (Å²) in [4.78, 5) is 22.6. The van der Waals surface area contributed by atoms with Gasteiger partial charge in [0.05, 0.1) is 19.0 Å². The summed E-state index contributed by atoms with van der Waals surface area (Å²) in [6.45, 7) is 4.12. The molecular weight excluding hydrogens is 401 g/mol. The van der Waals surface area contributed by atoms with Gasteiger partial charge in [0.2, 0.25) is 13.1 Å². The summed E-state index contributed by atoms with van der Waals surface area (Å²) < 4.78 is 19.0. The molecule has 2 aromatic heterocycles. The number of ether oxygens (including phenoxy) is 1. The summed E-state index contributed by atoms with van der Waals surface area (Å²) in [6, 6.07) is 9.32. The van der Waals surface area contributed by atoms with Crippen LogP contribution >= 0.6 is 7.15 Å². The monoisotopic (exact) mass is 423 g/mol. The van der Waals surface area contributed by atoms with Crippen molar-refractivity contribution in [1.82, 2.24) is 19.5 Å². The summed E-state index contributed by atoms with van der Waals surface area (Å²) in [5, 5.41) is 0. The second-order valence-corrected chi connectivity index (χ2v) is 8.01. The zero-order valence-corrected chi connectivity index (χ0v) is 17.3. The van der Waals surface area contributed by atoms with Gasteiger partial charge >= 0.3 is 0 Å². The third-order valence-corrected chi connectivity index (χ3v) is 5.43. The van der Waals surface area contributed by atoms with E-state index in [1.54, 1.807) is 4.57 Å². The van der Waals surface area contributed by atoms with Gasteiger partial charge in [0, 0.05) is 0 Å². The Morgan fingerprint density at radius 1 is 1.36 bits per heavy atom. The smallest absolute Gasteiger partial charge is 0.280 e. The largest absolute Gasteiger partial charge is 0.446 e. The summed E-state index contributed by atoms with van der Waals surface area (Å²) in [5.74, 6) is 0.714. The average Bonchev–Trinajstić information content (AvgIpc) is 3.10. The standard InChI is InChI=1S/C17H22N5O4PS/c1-3-12(9-24-27(28)26-13-7-5-4-6-8-13)25-11(2)22-10-19-14-15(22)20-17(18)21-16(14)23/h4-8,10-12,27H,3,9H2,1-2H3,(H3,18,20,21,23)/t11-,12+/m1/s1. The summed E-state index contributed by atoms with van der Waals surface area (Å²) in [7, 11) is -1.87. The predicted molar refractivity (Wildman–Crippen MR) is 111 cm³/mol. The second-order valence-electron chi connectivity index (χ2n) is 6.02. The van der Waals surface area contributed by atoms with Crippen molar-refractivity contribution in [2.24, 2.45) is 0 Å². The first-order chi connectivity index (χ1) is 13.5. The zero-order chi connectivity index (χ0) is 20.1. The summed E-state index contributed by atoms with van der Waals surface area (Å²) in [6.07, 6.45) is 1.58. The first-order valence-electron chi connectivity index (χ1n) is 8.75. The first kappa shape index (κ1) is 20.5. The van der Waals surface area contributed by atoms with Gasteiger partial charge in [-0.15, -0.1) is 0 Å². The van der Waals surface area contributed by atoms with Crippen molar-refractivity contribution in [2.45, 2.75) is 32.6 Å². The van der Waals surface area contributed by atoms with E-state index in [1.807, 2.05) is 44.2 Å². The number of fused-ring (bicyclic) bond motifs is 1. The first-order valence-corrected chi connectivity index (χ1v) is 11.2. The Hall–Kier alpha value is -2.26. The molecule has 9 nitrogen and oxygen atoms in total. The summed E-state index contributed by atoms with van der Waals surface area (Å²) >= 11 is 5.30. The van der Waals surface area contributed by atoms with Gasteiger partial charge in [0.25, 0.3) is 5.56 Å². The Bertz CT molecular complexity index is 1010. The van der Waals surface area contributed by atoms with Crippen LogP contribution in [-0.4, -0.2) is 32.2 Å². The molecule has 11 heteroatoms. The van der Waals surface area contributed by atoms with Crippen LogP contribution < -0.4 is 15.8 Å². The number of hydrogen-bond donors (Lipinski definition) is 2. The number of nitrogens with zero attached hydrogens (tertiary/aromatic N) is 3. The Morgan fingerprint density at radius 3 is 2.82 bits per heavy atom. The molecule has 0 aliphatic carbocycles. The van der Waals surface area contributed by atoms with Gasteiger partial charge in [-0.25, -0.2) is 4.98 Å². The molecule has 150 valence electrons. The number of rotatable bonds is 9. The third-order valence-electron chi connectivity index (χ3n) is 4.02. The topological polar surface area (TPSA) is 117 Å². The molecule has 0 amide bonds. The van der Waals surface area contributed by atoms with Crippen LogP contribution in [0.15, 0.2) is 41.5 Å². The number of para-hydroxylation sites is 1. The second kappa shape index (κ2) is 9.29. The van der Waals surface area contributed by atoms with E-state index in [-0.39, 0.29) is 23.1 Å². The number of hydrogen-bond acceptors (Lipinski definition) is 8. The molecule has 28 heavy (non-hydrogen) atoms. The van der Waals surface area contributed by atoms with Crippen LogP contribution in [0.1, 0.15) is 26.5 Å². The van der Waals surface area contributed by atoms with E-state index in [0.29, 0.717) is 24.4 Å². The number of anilines is 1. The minimum atomic E-state index is -1.87. The molecular formula is C17H22N5O4PS. The van der Waals surface area contributed by atoms with E-state index in [2.05, 4.69) is 15.0 Å². The highest BCUT2D eigenvalue weighted by molar-refractivity contribution is 8.00. The molecule has 3 N–H and O–H groups in total. The van der Waals surface area contributed by atoms with Crippen LogP contribution in [0.3, 0.4) is 0 Å². The lowest BCUT2D eigenvalue weighted by molar-refractivity contribution is -0.0594.